The molecule has 1 N–H and O–H groups in total. The van der Waals surface area contributed by atoms with E-state index in [4.69, 9.17) is 4.74 Å². The maximum Gasteiger partial charge on any atom is 0.167 e. The fraction of sp³-hybridized carbons (Fsp3) is 0.267. The number of nitrogens with zero attached hydrogens (tertiary/aromatic N) is 3. The first kappa shape index (κ1) is 12.4. The van der Waals surface area contributed by atoms with Gasteiger partial charge in [0.1, 0.15) is 24.0 Å². The lowest BCUT2D eigenvalue weighted by Gasteiger charge is -2.14. The van der Waals surface area contributed by atoms with Gasteiger partial charge in [0.15, 0.2) is 5.82 Å². The normalized spacial score (nSPS) is 16.1. The van der Waals surface area contributed by atoms with Crippen molar-refractivity contribution in [2.45, 2.75) is 19.9 Å². The summed E-state index contributed by atoms with van der Waals surface area (Å²) in [5.41, 5.74) is 3.26. The Balaban J connectivity index is 1.94. The Labute approximate surface area is 117 Å². The summed E-state index contributed by atoms with van der Waals surface area (Å²) < 4.78 is 5.62. The minimum Gasteiger partial charge on any atom is -0.491 e. The van der Waals surface area contributed by atoms with Crippen LogP contribution in [0.4, 0.5) is 5.82 Å². The average Bonchev–Trinajstić information content (AvgIpc) is 2.87. The lowest BCUT2D eigenvalue weighted by atomic mass is 10.1. The highest BCUT2D eigenvalue weighted by Gasteiger charge is 2.25. The first-order valence-electron chi connectivity index (χ1n) is 6.43. The van der Waals surface area contributed by atoms with Crippen LogP contribution in [-0.2, 0) is 0 Å². The highest BCUT2D eigenvalue weighted by molar-refractivity contribution is 5.57. The molecule has 1 aliphatic heterocycles. The van der Waals surface area contributed by atoms with Gasteiger partial charge in [-0.05, 0) is 25.5 Å². The van der Waals surface area contributed by atoms with Crippen molar-refractivity contribution in [3.63, 3.8) is 0 Å². The number of nitriles is 1. The van der Waals surface area contributed by atoms with Crippen molar-refractivity contribution in [3.05, 3.63) is 46.6 Å². The maximum atomic E-state index is 9.30. The molecule has 2 heterocycles. The molecule has 100 valence electrons. The molecule has 5 nitrogen and oxygen atoms in total. The molecule has 0 spiro atoms. The predicted molar refractivity (Wildman–Crippen MR) is 74.5 cm³/mol. The number of aryl methyl sites for hydroxylation is 1. The third-order valence-corrected chi connectivity index (χ3v) is 3.58. The first-order chi connectivity index (χ1) is 9.70. The minimum absolute atomic E-state index is 0.00490. The van der Waals surface area contributed by atoms with Gasteiger partial charge in [0, 0.05) is 5.56 Å². The van der Waals surface area contributed by atoms with Crippen LogP contribution >= 0.6 is 0 Å². The molecule has 1 atom stereocenters. The summed E-state index contributed by atoms with van der Waals surface area (Å²) in [4.78, 5) is 0. The number of para-hydroxylation sites is 1. The molecule has 1 aromatic heterocycles. The zero-order chi connectivity index (χ0) is 14.1. The van der Waals surface area contributed by atoms with Gasteiger partial charge >= 0.3 is 0 Å². The molecule has 1 aromatic carbocycles. The van der Waals surface area contributed by atoms with Gasteiger partial charge in [-0.2, -0.15) is 10.4 Å². The Hall–Kier alpha value is -2.61. The van der Waals surface area contributed by atoms with E-state index in [1.54, 1.807) is 0 Å². The van der Waals surface area contributed by atoms with Crippen LogP contribution < -0.4 is 10.1 Å². The van der Waals surface area contributed by atoms with Crippen LogP contribution in [0.5, 0.6) is 5.75 Å². The number of fused-ring (bicyclic) bond motifs is 1. The number of ether oxygens (including phenoxy) is 1. The molecule has 20 heavy (non-hydrogen) atoms. The van der Waals surface area contributed by atoms with E-state index < -0.39 is 0 Å². The van der Waals surface area contributed by atoms with Crippen molar-refractivity contribution < 1.29 is 4.74 Å². The highest BCUT2D eigenvalue weighted by atomic mass is 16.5. The van der Waals surface area contributed by atoms with Crippen LogP contribution in [0.3, 0.4) is 0 Å². The van der Waals surface area contributed by atoms with Crippen molar-refractivity contribution in [3.8, 4) is 11.8 Å². The summed E-state index contributed by atoms with van der Waals surface area (Å²) in [7, 11) is 0. The monoisotopic (exact) mass is 266 g/mol. The molecule has 0 fully saturated rings. The molecule has 1 aliphatic rings. The van der Waals surface area contributed by atoms with Gasteiger partial charge in [-0.3, -0.25) is 0 Å². The van der Waals surface area contributed by atoms with Gasteiger partial charge in [0.05, 0.1) is 11.7 Å². The third kappa shape index (κ3) is 1.95. The Kier molecular flexibility index (Phi) is 2.99. The number of hydrogen-bond donors (Lipinski definition) is 1. The van der Waals surface area contributed by atoms with Crippen molar-refractivity contribution in [1.82, 2.24) is 10.2 Å². The number of hydrogen-bond acceptors (Lipinski definition) is 5. The smallest absolute Gasteiger partial charge is 0.167 e. The lowest BCUT2D eigenvalue weighted by molar-refractivity contribution is 0.339. The molecular formula is C15H14N4O. The fourth-order valence-corrected chi connectivity index (χ4v) is 2.29. The van der Waals surface area contributed by atoms with E-state index in [0.29, 0.717) is 18.0 Å². The van der Waals surface area contributed by atoms with Crippen LogP contribution in [0, 0.1) is 25.2 Å². The molecule has 1 unspecified atom stereocenters. The molecule has 5 heteroatoms. The largest absolute Gasteiger partial charge is 0.491 e. The van der Waals surface area contributed by atoms with Crippen molar-refractivity contribution >= 4 is 5.82 Å². The standard InChI is InChI=1S/C15H14N4O/c1-9-10(2)18-19-15(12(9)7-16)17-13-8-20-14-6-4-3-5-11(13)14/h3-6,13H,8H2,1-2H3,(H,17,19). The van der Waals surface area contributed by atoms with E-state index in [-0.39, 0.29) is 6.04 Å². The van der Waals surface area contributed by atoms with Crippen molar-refractivity contribution in [2.75, 3.05) is 11.9 Å². The Morgan fingerprint density at radius 3 is 2.90 bits per heavy atom. The summed E-state index contributed by atoms with van der Waals surface area (Å²) in [6.45, 7) is 4.26. The Morgan fingerprint density at radius 1 is 1.30 bits per heavy atom. The maximum absolute atomic E-state index is 9.30. The second-order valence-electron chi connectivity index (χ2n) is 4.79. The van der Waals surface area contributed by atoms with E-state index in [2.05, 4.69) is 21.6 Å². The molecule has 0 bridgehead atoms. The summed E-state index contributed by atoms with van der Waals surface area (Å²) in [6.07, 6.45) is 0. The van der Waals surface area contributed by atoms with Gasteiger partial charge in [0.2, 0.25) is 0 Å². The molecule has 0 aliphatic carbocycles. The average molecular weight is 266 g/mol. The van der Waals surface area contributed by atoms with Gasteiger partial charge in [0.25, 0.3) is 0 Å². The van der Waals surface area contributed by atoms with Crippen molar-refractivity contribution in [2.24, 2.45) is 0 Å². The molecule has 0 radical (unpaired) electrons. The number of anilines is 1. The van der Waals surface area contributed by atoms with Gasteiger partial charge in [-0.1, -0.05) is 18.2 Å². The van der Waals surface area contributed by atoms with Crippen LogP contribution in [-0.4, -0.2) is 16.8 Å². The molecule has 3 rings (SSSR count). The molecule has 0 saturated heterocycles. The quantitative estimate of drug-likeness (QED) is 0.904. The molecule has 0 amide bonds. The summed E-state index contributed by atoms with van der Waals surface area (Å²) in [5.74, 6) is 1.39. The SMILES string of the molecule is Cc1nnc(NC2COc3ccccc32)c(C#N)c1C. The Morgan fingerprint density at radius 2 is 2.10 bits per heavy atom. The lowest BCUT2D eigenvalue weighted by Crippen LogP contribution is -2.15. The minimum atomic E-state index is -0.00490. The zero-order valence-electron chi connectivity index (χ0n) is 11.3. The van der Waals surface area contributed by atoms with E-state index >= 15 is 0 Å². The second-order valence-corrected chi connectivity index (χ2v) is 4.79. The number of aromatic nitrogens is 2. The summed E-state index contributed by atoms with van der Waals surface area (Å²) in [5, 5.41) is 20.8. The first-order valence-corrected chi connectivity index (χ1v) is 6.43. The van der Waals surface area contributed by atoms with Gasteiger partial charge in [-0.25, -0.2) is 0 Å². The third-order valence-electron chi connectivity index (χ3n) is 3.58. The van der Waals surface area contributed by atoms with Gasteiger partial charge in [-0.15, -0.1) is 5.10 Å². The number of benzene rings is 1. The molecule has 2 aromatic rings. The predicted octanol–water partition coefficient (Wildman–Crippen LogP) is 2.51. The summed E-state index contributed by atoms with van der Waals surface area (Å²) in [6, 6.07) is 10.1. The van der Waals surface area contributed by atoms with E-state index in [1.165, 1.54) is 0 Å². The topological polar surface area (TPSA) is 70.8 Å². The fourth-order valence-electron chi connectivity index (χ4n) is 2.29. The number of rotatable bonds is 2. The zero-order valence-corrected chi connectivity index (χ0v) is 11.3. The number of nitrogens with one attached hydrogen (secondary N) is 1. The van der Waals surface area contributed by atoms with Crippen LogP contribution in [0.1, 0.15) is 28.4 Å². The van der Waals surface area contributed by atoms with Crippen LogP contribution in [0.15, 0.2) is 24.3 Å². The van der Waals surface area contributed by atoms with Crippen LogP contribution in [0.25, 0.3) is 0 Å². The molecule has 0 saturated carbocycles. The van der Waals surface area contributed by atoms with E-state index in [0.717, 1.165) is 22.6 Å². The second kappa shape index (κ2) is 4.82. The molecular weight excluding hydrogens is 252 g/mol. The van der Waals surface area contributed by atoms with E-state index in [9.17, 15) is 5.26 Å². The highest BCUT2D eigenvalue weighted by Crippen LogP contribution is 2.34. The van der Waals surface area contributed by atoms with Crippen molar-refractivity contribution in [1.29, 1.82) is 5.26 Å². The van der Waals surface area contributed by atoms with E-state index in [1.807, 2.05) is 38.1 Å². The Bertz CT molecular complexity index is 706. The van der Waals surface area contributed by atoms with Crippen LogP contribution in [0.2, 0.25) is 0 Å². The van der Waals surface area contributed by atoms with Gasteiger partial charge < -0.3 is 10.1 Å². The summed E-state index contributed by atoms with van der Waals surface area (Å²) >= 11 is 0.